The molecule has 96 valence electrons. The van der Waals surface area contributed by atoms with Crippen LogP contribution in [0.3, 0.4) is 0 Å². The van der Waals surface area contributed by atoms with Gasteiger partial charge in [0.05, 0.1) is 25.3 Å². The highest BCUT2D eigenvalue weighted by Gasteiger charge is 2.18. The minimum Gasteiger partial charge on any atom is -0.464 e. The fourth-order valence-corrected chi connectivity index (χ4v) is 2.64. The topological polar surface area (TPSA) is 57.0 Å². The van der Waals surface area contributed by atoms with E-state index in [2.05, 4.69) is 16.9 Å². The highest BCUT2D eigenvalue weighted by molar-refractivity contribution is 7.15. The van der Waals surface area contributed by atoms with E-state index in [1.807, 2.05) is 11.5 Å². The third kappa shape index (κ3) is 2.28. The van der Waals surface area contributed by atoms with Gasteiger partial charge in [0.1, 0.15) is 5.01 Å². The van der Waals surface area contributed by atoms with E-state index in [-0.39, 0.29) is 0 Å². The number of carbonyl (C=O) groups excluding carboxylic acids is 1. The Kier molecular flexibility index (Phi) is 3.76. The van der Waals surface area contributed by atoms with Crippen molar-refractivity contribution in [1.29, 1.82) is 0 Å². The van der Waals surface area contributed by atoms with Crippen LogP contribution in [-0.2, 0) is 11.3 Å². The molecule has 18 heavy (non-hydrogen) atoms. The molecule has 2 rings (SSSR count). The van der Waals surface area contributed by atoms with Gasteiger partial charge in [-0.15, -0.1) is 11.3 Å². The molecule has 6 heteroatoms. The summed E-state index contributed by atoms with van der Waals surface area (Å²) in [6.45, 7) is 4.87. The largest absolute Gasteiger partial charge is 0.464 e. The summed E-state index contributed by atoms with van der Waals surface area (Å²) in [4.78, 5) is 20.9. The van der Waals surface area contributed by atoms with Crippen molar-refractivity contribution in [2.45, 2.75) is 26.8 Å². The van der Waals surface area contributed by atoms with Crippen LogP contribution >= 0.6 is 11.3 Å². The lowest BCUT2D eigenvalue weighted by molar-refractivity contribution is 0.0594. The lowest BCUT2D eigenvalue weighted by Gasteiger charge is -2.02. The molecule has 0 aliphatic rings. The van der Waals surface area contributed by atoms with Crippen molar-refractivity contribution in [1.82, 2.24) is 14.5 Å². The number of hydrogen-bond acceptors (Lipinski definition) is 5. The Labute approximate surface area is 109 Å². The fraction of sp³-hybridized carbons (Fsp3) is 0.417. The summed E-state index contributed by atoms with van der Waals surface area (Å²) in [5, 5.41) is 0.804. The van der Waals surface area contributed by atoms with Crippen LogP contribution in [-0.4, -0.2) is 27.6 Å². The van der Waals surface area contributed by atoms with E-state index in [9.17, 15) is 4.79 Å². The van der Waals surface area contributed by atoms with Gasteiger partial charge in [0.25, 0.3) is 0 Å². The fourth-order valence-electron chi connectivity index (χ4n) is 1.71. The second kappa shape index (κ2) is 5.30. The molecule has 0 saturated carbocycles. The predicted molar refractivity (Wildman–Crippen MR) is 69.7 cm³/mol. The number of thiazole rings is 1. The lowest BCUT2D eigenvalue weighted by atomic mass is 10.4. The molecule has 5 nitrogen and oxygen atoms in total. The van der Waals surface area contributed by atoms with Gasteiger partial charge in [-0.25, -0.2) is 14.8 Å². The van der Waals surface area contributed by atoms with Gasteiger partial charge in [-0.1, -0.05) is 6.92 Å². The monoisotopic (exact) mass is 265 g/mol. The lowest BCUT2D eigenvalue weighted by Crippen LogP contribution is -2.03. The molecular formula is C12H15N3O2S. The Morgan fingerprint density at radius 1 is 1.56 bits per heavy atom. The van der Waals surface area contributed by atoms with Crippen LogP contribution < -0.4 is 0 Å². The number of aryl methyl sites for hydroxylation is 2. The van der Waals surface area contributed by atoms with E-state index >= 15 is 0 Å². The van der Waals surface area contributed by atoms with Crippen molar-refractivity contribution in [2.75, 3.05) is 7.11 Å². The van der Waals surface area contributed by atoms with Gasteiger partial charge in [0.15, 0.2) is 5.69 Å². The van der Waals surface area contributed by atoms with Crippen LogP contribution in [0.1, 0.15) is 28.7 Å². The molecule has 0 bridgehead atoms. The Morgan fingerprint density at radius 2 is 2.33 bits per heavy atom. The van der Waals surface area contributed by atoms with Gasteiger partial charge >= 0.3 is 5.97 Å². The number of imidazole rings is 1. The third-order valence-electron chi connectivity index (χ3n) is 2.57. The molecule has 0 unspecified atom stereocenters. The van der Waals surface area contributed by atoms with Crippen molar-refractivity contribution in [3.05, 3.63) is 23.1 Å². The van der Waals surface area contributed by atoms with Crippen LogP contribution in [0.15, 0.2) is 12.5 Å². The summed E-state index contributed by atoms with van der Waals surface area (Å²) in [6, 6.07) is 0. The SMILES string of the molecule is CCCn1cncc1-c1nc(C(=O)OC)c(C)s1. The van der Waals surface area contributed by atoms with Crippen molar-refractivity contribution in [3.63, 3.8) is 0 Å². The molecule has 0 fully saturated rings. The Morgan fingerprint density at radius 3 is 3.00 bits per heavy atom. The first kappa shape index (κ1) is 12.8. The molecule has 0 aliphatic heterocycles. The van der Waals surface area contributed by atoms with Crippen LogP contribution in [0.25, 0.3) is 10.7 Å². The van der Waals surface area contributed by atoms with Gasteiger partial charge in [-0.05, 0) is 13.3 Å². The van der Waals surface area contributed by atoms with E-state index in [1.54, 1.807) is 12.5 Å². The van der Waals surface area contributed by atoms with Crippen molar-refractivity contribution in [3.8, 4) is 10.7 Å². The first-order valence-electron chi connectivity index (χ1n) is 5.73. The summed E-state index contributed by atoms with van der Waals surface area (Å²) >= 11 is 1.48. The van der Waals surface area contributed by atoms with Crippen LogP contribution in [0.2, 0.25) is 0 Å². The minimum absolute atomic E-state index is 0.391. The molecule has 0 spiro atoms. The number of hydrogen-bond donors (Lipinski definition) is 0. The summed E-state index contributed by atoms with van der Waals surface area (Å²) in [5.41, 5.74) is 1.34. The molecule has 0 aliphatic carbocycles. The second-order valence-electron chi connectivity index (χ2n) is 3.89. The van der Waals surface area contributed by atoms with Gasteiger partial charge in [0.2, 0.25) is 0 Å². The second-order valence-corrected chi connectivity index (χ2v) is 5.09. The number of carbonyl (C=O) groups is 1. The van der Waals surface area contributed by atoms with Crippen LogP contribution in [0.5, 0.6) is 0 Å². The smallest absolute Gasteiger partial charge is 0.357 e. The molecular weight excluding hydrogens is 250 g/mol. The van der Waals surface area contributed by atoms with Gasteiger partial charge in [-0.2, -0.15) is 0 Å². The molecule has 0 saturated heterocycles. The van der Waals surface area contributed by atoms with Gasteiger partial charge in [0, 0.05) is 11.4 Å². The Balaban J connectivity index is 2.39. The first-order valence-corrected chi connectivity index (χ1v) is 6.55. The minimum atomic E-state index is -0.392. The number of esters is 1. The zero-order valence-electron chi connectivity index (χ0n) is 10.6. The number of aromatic nitrogens is 3. The summed E-state index contributed by atoms with van der Waals surface area (Å²) in [6.07, 6.45) is 4.58. The van der Waals surface area contributed by atoms with E-state index in [1.165, 1.54) is 18.4 Å². The molecule has 0 N–H and O–H groups in total. The van der Waals surface area contributed by atoms with Crippen molar-refractivity contribution in [2.24, 2.45) is 0 Å². The third-order valence-corrected chi connectivity index (χ3v) is 3.56. The number of rotatable bonds is 4. The van der Waals surface area contributed by atoms with E-state index in [0.717, 1.165) is 28.5 Å². The Hall–Kier alpha value is -1.69. The van der Waals surface area contributed by atoms with Crippen LogP contribution in [0, 0.1) is 6.92 Å². The van der Waals surface area contributed by atoms with Gasteiger partial charge < -0.3 is 9.30 Å². The molecule has 2 heterocycles. The highest BCUT2D eigenvalue weighted by atomic mass is 32.1. The maximum Gasteiger partial charge on any atom is 0.357 e. The maximum absolute atomic E-state index is 11.5. The quantitative estimate of drug-likeness (QED) is 0.797. The van der Waals surface area contributed by atoms with E-state index in [4.69, 9.17) is 4.74 Å². The summed E-state index contributed by atoms with van der Waals surface area (Å²) in [5.74, 6) is -0.392. The highest BCUT2D eigenvalue weighted by Crippen LogP contribution is 2.27. The standard InChI is InChI=1S/C12H15N3O2S/c1-4-5-15-7-13-6-9(15)11-14-10(8(2)18-11)12(16)17-3/h6-7H,4-5H2,1-3H3. The van der Waals surface area contributed by atoms with Crippen molar-refractivity contribution >= 4 is 17.3 Å². The zero-order chi connectivity index (χ0) is 13.1. The normalized spacial score (nSPS) is 10.6. The predicted octanol–water partition coefficient (Wildman–Crippen LogP) is 2.51. The van der Waals surface area contributed by atoms with Gasteiger partial charge in [-0.3, -0.25) is 0 Å². The summed E-state index contributed by atoms with van der Waals surface area (Å²) in [7, 11) is 1.36. The summed E-state index contributed by atoms with van der Waals surface area (Å²) < 4.78 is 6.75. The average Bonchev–Trinajstić information content (AvgIpc) is 2.95. The van der Waals surface area contributed by atoms with E-state index < -0.39 is 5.97 Å². The first-order chi connectivity index (χ1) is 8.67. The number of methoxy groups -OCH3 is 1. The zero-order valence-corrected chi connectivity index (χ0v) is 11.5. The Bertz CT molecular complexity index is 559. The number of ether oxygens (including phenoxy) is 1. The maximum atomic E-state index is 11.5. The number of nitrogens with zero attached hydrogens (tertiary/aromatic N) is 3. The molecule has 0 amide bonds. The van der Waals surface area contributed by atoms with Crippen molar-refractivity contribution < 1.29 is 9.53 Å². The van der Waals surface area contributed by atoms with E-state index in [0.29, 0.717) is 5.69 Å². The molecule has 0 aromatic carbocycles. The molecule has 2 aromatic heterocycles. The molecule has 2 aromatic rings. The molecule has 0 radical (unpaired) electrons. The average molecular weight is 265 g/mol. The molecule has 0 atom stereocenters. The van der Waals surface area contributed by atoms with Crippen LogP contribution in [0.4, 0.5) is 0 Å².